The van der Waals surface area contributed by atoms with Gasteiger partial charge in [0.2, 0.25) is 0 Å². The SMILES string of the molecule is Cc1cc(C(=O)Nc2c[nH]c(C)c2C(=O)O)n(C)n1. The topological polar surface area (TPSA) is 100 Å². The second-order valence-corrected chi connectivity index (χ2v) is 4.26. The maximum atomic E-state index is 12.1. The molecule has 0 radical (unpaired) electrons. The van der Waals surface area contributed by atoms with Crippen molar-refractivity contribution in [2.24, 2.45) is 7.05 Å². The van der Waals surface area contributed by atoms with Gasteiger partial charge in [0, 0.05) is 18.9 Å². The van der Waals surface area contributed by atoms with E-state index in [4.69, 9.17) is 5.11 Å². The summed E-state index contributed by atoms with van der Waals surface area (Å²) in [5, 5.41) is 15.7. The number of rotatable bonds is 3. The molecule has 0 unspecified atom stereocenters. The summed E-state index contributed by atoms with van der Waals surface area (Å²) in [6, 6.07) is 1.63. The number of aryl methyl sites for hydroxylation is 3. The number of carbonyl (C=O) groups excluding carboxylic acids is 1. The Kier molecular flexibility index (Phi) is 3.12. The number of anilines is 1. The van der Waals surface area contributed by atoms with Crippen LogP contribution < -0.4 is 5.32 Å². The Labute approximate surface area is 109 Å². The first kappa shape index (κ1) is 12.9. The molecular formula is C12H14N4O3. The zero-order valence-corrected chi connectivity index (χ0v) is 10.8. The molecule has 2 aromatic heterocycles. The van der Waals surface area contributed by atoms with E-state index in [9.17, 15) is 9.59 Å². The van der Waals surface area contributed by atoms with Crippen molar-refractivity contribution in [3.8, 4) is 0 Å². The molecule has 0 fully saturated rings. The highest BCUT2D eigenvalue weighted by atomic mass is 16.4. The van der Waals surface area contributed by atoms with Crippen LogP contribution in [0, 0.1) is 13.8 Å². The Balaban J connectivity index is 2.29. The molecule has 0 aliphatic rings. The molecule has 1 amide bonds. The monoisotopic (exact) mass is 262 g/mol. The van der Waals surface area contributed by atoms with Gasteiger partial charge in [-0.15, -0.1) is 0 Å². The maximum Gasteiger partial charge on any atom is 0.339 e. The van der Waals surface area contributed by atoms with Crippen molar-refractivity contribution < 1.29 is 14.7 Å². The van der Waals surface area contributed by atoms with E-state index < -0.39 is 11.9 Å². The summed E-state index contributed by atoms with van der Waals surface area (Å²) in [7, 11) is 1.66. The van der Waals surface area contributed by atoms with E-state index in [0.29, 0.717) is 11.4 Å². The normalized spacial score (nSPS) is 10.5. The summed E-state index contributed by atoms with van der Waals surface area (Å²) in [5.41, 5.74) is 1.88. The van der Waals surface area contributed by atoms with E-state index in [2.05, 4.69) is 15.4 Å². The largest absolute Gasteiger partial charge is 0.478 e. The average Bonchev–Trinajstić information content (AvgIpc) is 2.82. The van der Waals surface area contributed by atoms with Gasteiger partial charge in [0.15, 0.2) is 0 Å². The first-order valence-corrected chi connectivity index (χ1v) is 5.63. The second-order valence-electron chi connectivity index (χ2n) is 4.26. The molecule has 3 N–H and O–H groups in total. The number of aromatic amines is 1. The number of nitrogens with one attached hydrogen (secondary N) is 2. The third-order valence-electron chi connectivity index (χ3n) is 2.77. The summed E-state index contributed by atoms with van der Waals surface area (Å²) >= 11 is 0. The lowest BCUT2D eigenvalue weighted by Crippen LogP contribution is -2.17. The fourth-order valence-corrected chi connectivity index (χ4v) is 1.91. The molecule has 0 aliphatic carbocycles. The van der Waals surface area contributed by atoms with Gasteiger partial charge in [0.25, 0.3) is 5.91 Å². The second kappa shape index (κ2) is 4.60. The molecule has 2 rings (SSSR count). The van der Waals surface area contributed by atoms with Gasteiger partial charge in [0.05, 0.1) is 11.4 Å². The lowest BCUT2D eigenvalue weighted by molar-refractivity contribution is 0.0697. The van der Waals surface area contributed by atoms with Crippen LogP contribution in [0.3, 0.4) is 0 Å². The zero-order chi connectivity index (χ0) is 14.2. The summed E-state index contributed by atoms with van der Waals surface area (Å²) < 4.78 is 1.45. The minimum Gasteiger partial charge on any atom is -0.478 e. The number of hydrogen-bond acceptors (Lipinski definition) is 3. The molecule has 2 aromatic rings. The van der Waals surface area contributed by atoms with E-state index in [0.717, 1.165) is 5.69 Å². The Hall–Kier alpha value is -2.57. The van der Waals surface area contributed by atoms with Crippen molar-refractivity contribution in [1.29, 1.82) is 0 Å². The number of carboxylic acid groups (broad SMARTS) is 1. The van der Waals surface area contributed by atoms with Crippen LogP contribution in [0.4, 0.5) is 5.69 Å². The van der Waals surface area contributed by atoms with Crippen LogP contribution in [-0.4, -0.2) is 31.7 Å². The van der Waals surface area contributed by atoms with E-state index in [1.807, 2.05) is 0 Å². The molecule has 0 atom stereocenters. The fourth-order valence-electron chi connectivity index (χ4n) is 1.91. The predicted molar refractivity (Wildman–Crippen MR) is 68.4 cm³/mol. The molecule has 0 spiro atoms. The summed E-state index contributed by atoms with van der Waals surface area (Å²) in [6.07, 6.45) is 1.46. The van der Waals surface area contributed by atoms with Gasteiger partial charge in [-0.05, 0) is 19.9 Å². The lowest BCUT2D eigenvalue weighted by atomic mass is 10.2. The number of amides is 1. The molecule has 0 bridgehead atoms. The molecule has 0 aliphatic heterocycles. The number of hydrogen-bond donors (Lipinski definition) is 3. The Morgan fingerprint density at radius 1 is 1.42 bits per heavy atom. The van der Waals surface area contributed by atoms with Gasteiger partial charge in [0.1, 0.15) is 11.3 Å². The highest BCUT2D eigenvalue weighted by Crippen LogP contribution is 2.19. The molecule has 100 valence electrons. The van der Waals surface area contributed by atoms with Crippen LogP contribution in [0.2, 0.25) is 0 Å². The van der Waals surface area contributed by atoms with Crippen LogP contribution in [0.15, 0.2) is 12.3 Å². The first-order valence-electron chi connectivity index (χ1n) is 5.63. The van der Waals surface area contributed by atoms with Gasteiger partial charge in [-0.3, -0.25) is 9.48 Å². The van der Waals surface area contributed by atoms with Crippen LogP contribution >= 0.6 is 0 Å². The Morgan fingerprint density at radius 2 is 2.11 bits per heavy atom. The third kappa shape index (κ3) is 2.35. The van der Waals surface area contributed by atoms with E-state index in [1.54, 1.807) is 27.0 Å². The van der Waals surface area contributed by atoms with Crippen molar-refractivity contribution in [2.45, 2.75) is 13.8 Å². The van der Waals surface area contributed by atoms with Crippen LogP contribution in [0.1, 0.15) is 32.2 Å². The molecule has 19 heavy (non-hydrogen) atoms. The minimum absolute atomic E-state index is 0.0623. The highest BCUT2D eigenvalue weighted by Gasteiger charge is 2.19. The molecular weight excluding hydrogens is 248 g/mol. The van der Waals surface area contributed by atoms with Crippen molar-refractivity contribution in [3.05, 3.63) is 34.9 Å². The Morgan fingerprint density at radius 3 is 2.63 bits per heavy atom. The lowest BCUT2D eigenvalue weighted by Gasteiger charge is -2.04. The number of nitrogens with zero attached hydrogens (tertiary/aromatic N) is 2. The molecule has 7 heteroatoms. The predicted octanol–water partition coefficient (Wildman–Crippen LogP) is 1.32. The van der Waals surface area contributed by atoms with E-state index >= 15 is 0 Å². The number of carbonyl (C=O) groups is 2. The maximum absolute atomic E-state index is 12.1. The molecule has 2 heterocycles. The smallest absolute Gasteiger partial charge is 0.339 e. The molecule has 7 nitrogen and oxygen atoms in total. The number of H-pyrrole nitrogens is 1. The number of carboxylic acids is 1. The Bertz CT molecular complexity index is 654. The van der Waals surface area contributed by atoms with Crippen molar-refractivity contribution in [3.63, 3.8) is 0 Å². The highest BCUT2D eigenvalue weighted by molar-refractivity contribution is 6.07. The summed E-state index contributed by atoms with van der Waals surface area (Å²) in [6.45, 7) is 3.41. The summed E-state index contributed by atoms with van der Waals surface area (Å²) in [4.78, 5) is 25.9. The molecule has 0 aromatic carbocycles. The zero-order valence-electron chi connectivity index (χ0n) is 10.8. The van der Waals surface area contributed by atoms with Crippen LogP contribution in [-0.2, 0) is 7.05 Å². The molecule has 0 saturated heterocycles. The van der Waals surface area contributed by atoms with Crippen molar-refractivity contribution in [2.75, 3.05) is 5.32 Å². The number of aromatic carboxylic acids is 1. The van der Waals surface area contributed by atoms with Gasteiger partial charge >= 0.3 is 5.97 Å². The summed E-state index contributed by atoms with van der Waals surface area (Å²) in [5.74, 6) is -1.49. The van der Waals surface area contributed by atoms with Crippen LogP contribution in [0.25, 0.3) is 0 Å². The standard InChI is InChI=1S/C12H14N4O3/c1-6-4-9(16(3)15-6)11(17)14-8-5-13-7(2)10(8)12(18)19/h4-5,13H,1-3H3,(H,14,17)(H,18,19). The van der Waals surface area contributed by atoms with Gasteiger partial charge in [-0.2, -0.15) is 5.10 Å². The number of aromatic nitrogens is 3. The third-order valence-corrected chi connectivity index (χ3v) is 2.77. The van der Waals surface area contributed by atoms with Crippen LogP contribution in [0.5, 0.6) is 0 Å². The first-order chi connectivity index (χ1) is 8.90. The van der Waals surface area contributed by atoms with Crippen molar-refractivity contribution >= 4 is 17.6 Å². The minimum atomic E-state index is -1.09. The van der Waals surface area contributed by atoms with Crippen molar-refractivity contribution in [1.82, 2.24) is 14.8 Å². The van der Waals surface area contributed by atoms with Gasteiger partial charge in [-0.1, -0.05) is 0 Å². The average molecular weight is 262 g/mol. The van der Waals surface area contributed by atoms with Gasteiger partial charge < -0.3 is 15.4 Å². The molecule has 0 saturated carbocycles. The van der Waals surface area contributed by atoms with E-state index in [1.165, 1.54) is 10.9 Å². The quantitative estimate of drug-likeness (QED) is 0.776. The van der Waals surface area contributed by atoms with E-state index in [-0.39, 0.29) is 11.3 Å². The van der Waals surface area contributed by atoms with Gasteiger partial charge in [-0.25, -0.2) is 4.79 Å². The fraction of sp³-hybridized carbons (Fsp3) is 0.250.